The van der Waals surface area contributed by atoms with Gasteiger partial charge in [0, 0.05) is 67.3 Å². The molecular weight excluding hydrogens is 800 g/mol. The first kappa shape index (κ1) is 30.2. The number of nitrogens with zero attached hydrogens (tertiary/aromatic N) is 4. The van der Waals surface area contributed by atoms with Gasteiger partial charge in [-0.3, -0.25) is 0 Å². The predicted octanol–water partition coefficient (Wildman–Crippen LogP) is 10.2. The zero-order chi connectivity index (χ0) is 27.9. The van der Waals surface area contributed by atoms with E-state index in [1.807, 2.05) is 12.4 Å². The molecule has 0 saturated heterocycles. The van der Waals surface area contributed by atoms with Crippen molar-refractivity contribution in [1.29, 1.82) is 0 Å². The standard InChI is InChI=1S/C30H26Br4N4S2/c31-25-23(19-39-29-35-13-17-37(29)15-11-21-7-3-1-4-8-21)26(32)28(34)24(27(25)33)20-40-30-36-14-18-38(30)16-12-22-9-5-2-6-10-22/h1-10,13-14,17-18H,11-12,15-16,19-20H2. The minimum atomic E-state index is 0.776. The maximum atomic E-state index is 4.63. The predicted molar refractivity (Wildman–Crippen MR) is 181 cm³/mol. The Morgan fingerprint density at radius 2 is 0.925 bits per heavy atom. The Hall–Kier alpha value is -1.30. The maximum Gasteiger partial charge on any atom is 0.168 e. The van der Waals surface area contributed by atoms with Gasteiger partial charge in [0.2, 0.25) is 0 Å². The molecule has 0 amide bonds. The van der Waals surface area contributed by atoms with Crippen LogP contribution in [-0.2, 0) is 37.4 Å². The highest BCUT2D eigenvalue weighted by atomic mass is 79.9. The maximum absolute atomic E-state index is 4.63. The molecule has 2 aromatic heterocycles. The Balaban J connectivity index is 1.24. The molecule has 0 bridgehead atoms. The molecule has 0 spiro atoms. The molecule has 0 aliphatic rings. The fourth-order valence-electron chi connectivity index (χ4n) is 4.25. The van der Waals surface area contributed by atoms with E-state index in [4.69, 9.17) is 0 Å². The second kappa shape index (κ2) is 14.7. The monoisotopic (exact) mass is 822 g/mol. The molecule has 0 fully saturated rings. The second-order valence-electron chi connectivity index (χ2n) is 9.07. The van der Waals surface area contributed by atoms with Crippen LogP contribution in [0.1, 0.15) is 22.3 Å². The first-order chi connectivity index (χ1) is 19.5. The molecule has 0 atom stereocenters. The Labute approximate surface area is 277 Å². The summed E-state index contributed by atoms with van der Waals surface area (Å²) in [6.07, 6.45) is 9.84. The van der Waals surface area contributed by atoms with Gasteiger partial charge >= 0.3 is 0 Å². The third-order valence-electron chi connectivity index (χ3n) is 6.46. The van der Waals surface area contributed by atoms with Gasteiger partial charge < -0.3 is 9.13 Å². The van der Waals surface area contributed by atoms with Crippen LogP contribution in [0.25, 0.3) is 0 Å². The minimum Gasteiger partial charge on any atom is -0.326 e. The van der Waals surface area contributed by atoms with E-state index in [0.717, 1.165) is 65.6 Å². The lowest BCUT2D eigenvalue weighted by molar-refractivity contribution is 0.633. The number of imidazole rings is 2. The number of halogens is 4. The van der Waals surface area contributed by atoms with E-state index in [2.05, 4.69) is 156 Å². The van der Waals surface area contributed by atoms with Crippen molar-refractivity contribution in [3.8, 4) is 0 Å². The van der Waals surface area contributed by atoms with Crippen LogP contribution < -0.4 is 0 Å². The SMILES string of the molecule is Brc1c(Br)c(CSc2nccn2CCc2ccccc2)c(Br)c(Br)c1CSc1nccn1CCc1ccccc1. The molecule has 206 valence electrons. The lowest BCUT2D eigenvalue weighted by atomic mass is 10.1. The first-order valence-electron chi connectivity index (χ1n) is 12.7. The summed E-state index contributed by atoms with van der Waals surface area (Å²) in [5.74, 6) is 1.55. The van der Waals surface area contributed by atoms with Crippen LogP contribution in [0.15, 0.2) is 114 Å². The molecule has 0 saturated carbocycles. The molecule has 40 heavy (non-hydrogen) atoms. The zero-order valence-electron chi connectivity index (χ0n) is 21.4. The third kappa shape index (κ3) is 7.55. The normalized spacial score (nSPS) is 11.3. The summed E-state index contributed by atoms with van der Waals surface area (Å²) in [5, 5.41) is 2.04. The molecule has 10 heteroatoms. The largest absolute Gasteiger partial charge is 0.326 e. The molecule has 2 heterocycles. The molecule has 0 N–H and O–H groups in total. The molecule has 0 unspecified atom stereocenters. The van der Waals surface area contributed by atoms with Crippen molar-refractivity contribution in [3.05, 3.63) is 126 Å². The molecule has 5 rings (SSSR count). The van der Waals surface area contributed by atoms with Crippen LogP contribution in [0.5, 0.6) is 0 Å². The average Bonchev–Trinajstić information content (AvgIpc) is 3.64. The van der Waals surface area contributed by atoms with Gasteiger partial charge in [0.1, 0.15) is 0 Å². The number of hydrogen-bond acceptors (Lipinski definition) is 4. The average molecular weight is 826 g/mol. The van der Waals surface area contributed by atoms with Gasteiger partial charge in [0.05, 0.1) is 0 Å². The van der Waals surface area contributed by atoms with Crippen LogP contribution in [0.4, 0.5) is 0 Å². The highest BCUT2D eigenvalue weighted by Gasteiger charge is 2.20. The van der Waals surface area contributed by atoms with Gasteiger partial charge in [-0.25, -0.2) is 9.97 Å². The van der Waals surface area contributed by atoms with Crippen molar-refractivity contribution >= 4 is 87.2 Å². The van der Waals surface area contributed by atoms with E-state index < -0.39 is 0 Å². The number of aromatic nitrogens is 4. The van der Waals surface area contributed by atoms with Gasteiger partial charge in [-0.2, -0.15) is 0 Å². The van der Waals surface area contributed by atoms with Gasteiger partial charge in [0.25, 0.3) is 0 Å². The summed E-state index contributed by atoms with van der Waals surface area (Å²) >= 11 is 19.0. The molecule has 0 aliphatic carbocycles. The van der Waals surface area contributed by atoms with E-state index in [9.17, 15) is 0 Å². The lowest BCUT2D eigenvalue weighted by Gasteiger charge is -2.17. The third-order valence-corrected chi connectivity index (χ3v) is 13.1. The molecule has 4 nitrogen and oxygen atoms in total. The van der Waals surface area contributed by atoms with Crippen LogP contribution in [0.3, 0.4) is 0 Å². The number of thioether (sulfide) groups is 2. The van der Waals surface area contributed by atoms with Crippen LogP contribution in [-0.4, -0.2) is 19.1 Å². The highest BCUT2D eigenvalue weighted by Crippen LogP contribution is 2.45. The van der Waals surface area contributed by atoms with Crippen LogP contribution in [0, 0.1) is 0 Å². The Morgan fingerprint density at radius 3 is 1.30 bits per heavy atom. The molecule has 3 aromatic carbocycles. The fraction of sp³-hybridized carbons (Fsp3) is 0.200. The molecule has 0 radical (unpaired) electrons. The smallest absolute Gasteiger partial charge is 0.168 e. The van der Waals surface area contributed by atoms with Crippen molar-refractivity contribution < 1.29 is 0 Å². The fourth-order valence-corrected chi connectivity index (χ4v) is 9.87. The van der Waals surface area contributed by atoms with E-state index in [0.29, 0.717) is 0 Å². The molecule has 5 aromatic rings. The van der Waals surface area contributed by atoms with Crippen molar-refractivity contribution in [2.45, 2.75) is 47.7 Å². The Bertz CT molecular complexity index is 1410. The van der Waals surface area contributed by atoms with E-state index in [1.54, 1.807) is 23.5 Å². The van der Waals surface area contributed by atoms with E-state index >= 15 is 0 Å². The summed E-state index contributed by atoms with van der Waals surface area (Å²) in [6.45, 7) is 1.80. The van der Waals surface area contributed by atoms with E-state index in [-0.39, 0.29) is 0 Å². The highest BCUT2D eigenvalue weighted by molar-refractivity contribution is 9.14. The second-order valence-corrected chi connectivity index (χ2v) is 14.1. The minimum absolute atomic E-state index is 0.776. The van der Waals surface area contributed by atoms with Crippen molar-refractivity contribution in [3.63, 3.8) is 0 Å². The lowest BCUT2D eigenvalue weighted by Crippen LogP contribution is -2.03. The quantitative estimate of drug-likeness (QED) is 0.0928. The van der Waals surface area contributed by atoms with Gasteiger partial charge in [-0.05, 0) is 98.8 Å². The summed E-state index contributed by atoms with van der Waals surface area (Å²) in [5.41, 5.74) is 5.02. The zero-order valence-corrected chi connectivity index (χ0v) is 29.4. The van der Waals surface area contributed by atoms with Gasteiger partial charge in [0.15, 0.2) is 10.3 Å². The van der Waals surface area contributed by atoms with Crippen molar-refractivity contribution in [1.82, 2.24) is 19.1 Å². The number of benzene rings is 3. The topological polar surface area (TPSA) is 35.6 Å². The van der Waals surface area contributed by atoms with Crippen molar-refractivity contribution in [2.75, 3.05) is 0 Å². The van der Waals surface area contributed by atoms with Gasteiger partial charge in [-0.1, -0.05) is 84.2 Å². The van der Waals surface area contributed by atoms with Crippen LogP contribution in [0.2, 0.25) is 0 Å². The molecule has 0 aliphatic heterocycles. The summed E-state index contributed by atoms with van der Waals surface area (Å²) in [4.78, 5) is 9.25. The Morgan fingerprint density at radius 1 is 0.550 bits per heavy atom. The number of hydrogen-bond donors (Lipinski definition) is 0. The summed E-state index contributed by atoms with van der Waals surface area (Å²) in [7, 11) is 0. The van der Waals surface area contributed by atoms with Crippen LogP contribution >= 0.6 is 87.2 Å². The number of aryl methyl sites for hydroxylation is 4. The number of rotatable bonds is 12. The molecular formula is C30H26Br4N4S2. The summed E-state index contributed by atoms with van der Waals surface area (Å²) in [6, 6.07) is 21.2. The summed E-state index contributed by atoms with van der Waals surface area (Å²) < 4.78 is 8.69. The van der Waals surface area contributed by atoms with Gasteiger partial charge in [-0.15, -0.1) is 0 Å². The Kier molecular flexibility index (Phi) is 11.1. The van der Waals surface area contributed by atoms with E-state index in [1.165, 1.54) is 22.3 Å². The first-order valence-corrected chi connectivity index (χ1v) is 17.8. The van der Waals surface area contributed by atoms with Crippen molar-refractivity contribution in [2.24, 2.45) is 0 Å².